The van der Waals surface area contributed by atoms with Crippen molar-refractivity contribution in [1.82, 2.24) is 9.97 Å². The number of H-pyrrole nitrogens is 1. The lowest BCUT2D eigenvalue weighted by Gasteiger charge is -1.96. The van der Waals surface area contributed by atoms with Crippen LogP contribution in [-0.2, 0) is 0 Å². The van der Waals surface area contributed by atoms with Crippen molar-refractivity contribution in [2.45, 2.75) is 0 Å². The number of nitrogens with zero attached hydrogens (tertiary/aromatic N) is 1. The third-order valence-electron chi connectivity index (χ3n) is 2.71. The molecular weight excluding hydrogens is 212 g/mol. The number of aromatic nitrogens is 2. The van der Waals surface area contributed by atoms with E-state index in [-0.39, 0.29) is 0 Å². The molecule has 0 saturated heterocycles. The van der Waals surface area contributed by atoms with Crippen molar-refractivity contribution in [2.24, 2.45) is 0 Å². The van der Waals surface area contributed by atoms with Crippen LogP contribution < -0.4 is 0 Å². The monoisotopic (exact) mass is 222 g/mol. The number of aromatic amines is 1. The predicted octanol–water partition coefficient (Wildman–Crippen LogP) is 3.04. The Balaban J connectivity index is 2.10. The van der Waals surface area contributed by atoms with Crippen LogP contribution in [0.2, 0.25) is 0 Å². The van der Waals surface area contributed by atoms with Crippen LogP contribution in [0.4, 0.5) is 0 Å². The second-order valence-electron chi connectivity index (χ2n) is 3.84. The van der Waals surface area contributed by atoms with E-state index in [2.05, 4.69) is 9.97 Å². The van der Waals surface area contributed by atoms with E-state index in [0.29, 0.717) is 5.56 Å². The van der Waals surface area contributed by atoms with Gasteiger partial charge in [0.2, 0.25) is 0 Å². The quantitative estimate of drug-likeness (QED) is 0.677. The second kappa shape index (κ2) is 3.87. The van der Waals surface area contributed by atoms with Crippen LogP contribution in [0.15, 0.2) is 48.5 Å². The molecule has 0 unspecified atom stereocenters. The van der Waals surface area contributed by atoms with Gasteiger partial charge in [0.1, 0.15) is 12.1 Å². The Bertz CT molecular complexity index is 635. The zero-order chi connectivity index (χ0) is 11.7. The first-order chi connectivity index (χ1) is 8.36. The molecule has 0 atom stereocenters. The van der Waals surface area contributed by atoms with Crippen LogP contribution in [-0.4, -0.2) is 16.3 Å². The summed E-state index contributed by atoms with van der Waals surface area (Å²) < 4.78 is 0. The molecular formula is C14H10N2O. The fourth-order valence-electron chi connectivity index (χ4n) is 1.81. The molecule has 0 bridgehead atoms. The molecule has 2 aromatic carbocycles. The van der Waals surface area contributed by atoms with Gasteiger partial charge >= 0.3 is 0 Å². The average molecular weight is 222 g/mol. The molecule has 3 nitrogen and oxygen atoms in total. The smallest absolute Gasteiger partial charge is 0.150 e. The lowest BCUT2D eigenvalue weighted by molar-refractivity contribution is 0.112. The minimum Gasteiger partial charge on any atom is -0.338 e. The summed E-state index contributed by atoms with van der Waals surface area (Å²) in [6.45, 7) is 0. The van der Waals surface area contributed by atoms with Crippen LogP contribution in [0.1, 0.15) is 10.4 Å². The number of carbonyl (C=O) groups excluding carboxylic acids is 1. The molecule has 0 saturated carbocycles. The maximum Gasteiger partial charge on any atom is 0.150 e. The van der Waals surface area contributed by atoms with Gasteiger partial charge in [0.25, 0.3) is 0 Å². The molecule has 0 aliphatic heterocycles. The Kier molecular flexibility index (Phi) is 2.22. The molecule has 0 aliphatic rings. The maximum absolute atomic E-state index is 10.6. The van der Waals surface area contributed by atoms with Gasteiger partial charge in [0.15, 0.2) is 0 Å². The highest BCUT2D eigenvalue weighted by Crippen LogP contribution is 2.20. The zero-order valence-electron chi connectivity index (χ0n) is 9.05. The molecule has 82 valence electrons. The summed E-state index contributed by atoms with van der Waals surface area (Å²) in [6, 6.07) is 15.2. The number of aldehydes is 1. The van der Waals surface area contributed by atoms with E-state index < -0.39 is 0 Å². The van der Waals surface area contributed by atoms with E-state index in [9.17, 15) is 4.79 Å². The minimum atomic E-state index is 0.671. The van der Waals surface area contributed by atoms with Crippen molar-refractivity contribution in [1.29, 1.82) is 0 Å². The van der Waals surface area contributed by atoms with Crippen LogP contribution in [0.25, 0.3) is 22.4 Å². The van der Waals surface area contributed by atoms with Gasteiger partial charge in [-0.1, -0.05) is 36.4 Å². The molecule has 3 aromatic rings. The van der Waals surface area contributed by atoms with Crippen molar-refractivity contribution in [3.63, 3.8) is 0 Å². The predicted molar refractivity (Wildman–Crippen MR) is 66.9 cm³/mol. The van der Waals surface area contributed by atoms with E-state index in [4.69, 9.17) is 0 Å². The highest BCUT2D eigenvalue weighted by molar-refractivity contribution is 5.80. The Morgan fingerprint density at radius 3 is 2.47 bits per heavy atom. The number of fused-ring (bicyclic) bond motifs is 1. The summed E-state index contributed by atoms with van der Waals surface area (Å²) in [7, 11) is 0. The molecule has 3 heteroatoms. The maximum atomic E-state index is 10.6. The summed E-state index contributed by atoms with van der Waals surface area (Å²) in [4.78, 5) is 18.3. The largest absolute Gasteiger partial charge is 0.338 e. The third kappa shape index (κ3) is 1.72. The summed E-state index contributed by atoms with van der Waals surface area (Å²) >= 11 is 0. The standard InChI is InChI=1S/C14H10N2O/c17-9-10-5-7-11(8-6-10)14-15-12-3-1-2-4-13(12)16-14/h1-9H,(H,15,16). The van der Waals surface area contributed by atoms with Crippen LogP contribution in [0.5, 0.6) is 0 Å². The number of para-hydroxylation sites is 2. The van der Waals surface area contributed by atoms with Crippen molar-refractivity contribution in [3.8, 4) is 11.4 Å². The van der Waals surface area contributed by atoms with E-state index in [1.165, 1.54) is 0 Å². The summed E-state index contributed by atoms with van der Waals surface area (Å²) in [6.07, 6.45) is 0.836. The Morgan fingerprint density at radius 1 is 1.00 bits per heavy atom. The van der Waals surface area contributed by atoms with Gasteiger partial charge < -0.3 is 4.98 Å². The molecule has 3 rings (SSSR count). The van der Waals surface area contributed by atoms with Gasteiger partial charge in [-0.2, -0.15) is 0 Å². The van der Waals surface area contributed by atoms with Gasteiger partial charge in [0.05, 0.1) is 11.0 Å². The topological polar surface area (TPSA) is 45.8 Å². The fourth-order valence-corrected chi connectivity index (χ4v) is 1.81. The van der Waals surface area contributed by atoms with Crippen LogP contribution >= 0.6 is 0 Å². The third-order valence-corrected chi connectivity index (χ3v) is 2.71. The van der Waals surface area contributed by atoms with Crippen molar-refractivity contribution < 1.29 is 4.79 Å². The highest BCUT2D eigenvalue weighted by Gasteiger charge is 2.04. The highest BCUT2D eigenvalue weighted by atomic mass is 16.1. The molecule has 1 aromatic heterocycles. The molecule has 0 aliphatic carbocycles. The number of rotatable bonds is 2. The van der Waals surface area contributed by atoms with E-state index >= 15 is 0 Å². The minimum absolute atomic E-state index is 0.671. The lowest BCUT2D eigenvalue weighted by Crippen LogP contribution is -1.82. The summed E-state index contributed by atoms with van der Waals surface area (Å²) in [5.74, 6) is 0.823. The van der Waals surface area contributed by atoms with Crippen LogP contribution in [0.3, 0.4) is 0 Å². The zero-order valence-corrected chi connectivity index (χ0v) is 9.05. The number of hydrogen-bond donors (Lipinski definition) is 1. The van der Waals surface area contributed by atoms with Gasteiger partial charge in [-0.3, -0.25) is 4.79 Å². The van der Waals surface area contributed by atoms with Crippen molar-refractivity contribution in [3.05, 3.63) is 54.1 Å². The van der Waals surface area contributed by atoms with Crippen molar-refractivity contribution >= 4 is 17.3 Å². The molecule has 0 radical (unpaired) electrons. The second-order valence-corrected chi connectivity index (χ2v) is 3.84. The van der Waals surface area contributed by atoms with E-state index in [1.54, 1.807) is 12.1 Å². The molecule has 1 heterocycles. The van der Waals surface area contributed by atoms with Gasteiger partial charge in [-0.25, -0.2) is 4.98 Å². The first-order valence-electron chi connectivity index (χ1n) is 5.37. The number of hydrogen-bond acceptors (Lipinski definition) is 2. The first-order valence-corrected chi connectivity index (χ1v) is 5.37. The normalized spacial score (nSPS) is 10.6. The SMILES string of the molecule is O=Cc1ccc(-c2nc3ccccc3[nH]2)cc1. The summed E-state index contributed by atoms with van der Waals surface area (Å²) in [5.41, 5.74) is 3.61. The van der Waals surface area contributed by atoms with Crippen LogP contribution in [0, 0.1) is 0 Å². The average Bonchev–Trinajstić information content (AvgIpc) is 2.82. The number of imidazole rings is 1. The lowest BCUT2D eigenvalue weighted by atomic mass is 10.1. The van der Waals surface area contributed by atoms with Gasteiger partial charge in [0, 0.05) is 11.1 Å². The van der Waals surface area contributed by atoms with Gasteiger partial charge in [-0.05, 0) is 12.1 Å². The Labute approximate surface area is 98.1 Å². The van der Waals surface area contributed by atoms with Crippen molar-refractivity contribution in [2.75, 3.05) is 0 Å². The molecule has 17 heavy (non-hydrogen) atoms. The Morgan fingerprint density at radius 2 is 1.76 bits per heavy atom. The molecule has 1 N–H and O–H groups in total. The molecule has 0 fully saturated rings. The number of nitrogens with one attached hydrogen (secondary N) is 1. The molecule has 0 spiro atoms. The number of benzene rings is 2. The molecule has 0 amide bonds. The van der Waals surface area contributed by atoms with E-state index in [1.807, 2.05) is 36.4 Å². The van der Waals surface area contributed by atoms with Gasteiger partial charge in [-0.15, -0.1) is 0 Å². The first kappa shape index (κ1) is 9.78. The summed E-state index contributed by atoms with van der Waals surface area (Å²) in [5, 5.41) is 0. The van der Waals surface area contributed by atoms with E-state index in [0.717, 1.165) is 28.7 Å². The number of carbonyl (C=O) groups is 1. The fraction of sp³-hybridized carbons (Fsp3) is 0. The Hall–Kier alpha value is -2.42.